The maximum atomic E-state index is 12.1. The van der Waals surface area contributed by atoms with E-state index < -0.39 is 6.03 Å². The molecule has 3 amide bonds. The van der Waals surface area contributed by atoms with E-state index in [1.165, 1.54) is 6.07 Å². The van der Waals surface area contributed by atoms with Gasteiger partial charge in [0.25, 0.3) is 0 Å². The molecule has 0 unspecified atom stereocenters. The van der Waals surface area contributed by atoms with Crippen molar-refractivity contribution in [3.05, 3.63) is 58.1 Å². The second kappa shape index (κ2) is 8.28. The van der Waals surface area contributed by atoms with Crippen molar-refractivity contribution in [1.82, 2.24) is 5.32 Å². The Morgan fingerprint density at radius 2 is 1.63 bits per heavy atom. The lowest BCUT2D eigenvalue weighted by molar-refractivity contribution is -0.117. The second-order valence-electron chi connectivity index (χ2n) is 6.00. The van der Waals surface area contributed by atoms with E-state index in [2.05, 4.69) is 21.1 Å². The maximum Gasteiger partial charge on any atom is 0.324 e. The number of benzene rings is 2. The number of carbonyl (C=O) groups excluding carboxylic acids is 2. The third-order valence-corrected chi connectivity index (χ3v) is 4.62. The van der Waals surface area contributed by atoms with Crippen LogP contribution < -0.4 is 16.0 Å². The molecule has 4 N–H and O–H groups in total. The summed E-state index contributed by atoms with van der Waals surface area (Å²) in [5.41, 5.74) is 1.52. The van der Waals surface area contributed by atoms with Gasteiger partial charge in [0, 0.05) is 22.9 Å². The first kappa shape index (κ1) is 19.0. The van der Waals surface area contributed by atoms with E-state index in [0.717, 1.165) is 12.8 Å². The Morgan fingerprint density at radius 3 is 2.22 bits per heavy atom. The number of urea groups is 1. The monoisotopic (exact) mass is 406 g/mol. The summed E-state index contributed by atoms with van der Waals surface area (Å²) in [6.45, 7) is 0. The summed E-state index contributed by atoms with van der Waals surface area (Å²) in [5.74, 6) is 0.0523. The molecule has 0 heterocycles. The quantitative estimate of drug-likeness (QED) is 0.263. The fourth-order valence-electron chi connectivity index (χ4n) is 2.30. The molecule has 9 heteroatoms. The maximum absolute atomic E-state index is 12.1. The molecule has 1 aliphatic rings. The van der Waals surface area contributed by atoms with Crippen LogP contribution in [0.2, 0.25) is 10.0 Å². The van der Waals surface area contributed by atoms with Crippen molar-refractivity contribution >= 4 is 52.4 Å². The molecule has 0 spiro atoms. The smallest absolute Gasteiger partial charge is 0.324 e. The van der Waals surface area contributed by atoms with Gasteiger partial charge in [-0.15, -0.1) is 0 Å². The molecule has 0 aliphatic heterocycles. The summed E-state index contributed by atoms with van der Waals surface area (Å²) in [7, 11) is 0. The fraction of sp³-hybridized carbons (Fsp3) is 0.167. The molecular weight excluding hydrogens is 391 g/mol. The van der Waals surface area contributed by atoms with E-state index in [0.29, 0.717) is 27.0 Å². The zero-order chi connectivity index (χ0) is 19.4. The van der Waals surface area contributed by atoms with Crippen LogP contribution in [0, 0.1) is 5.92 Å². The molecular formula is C18H16Cl2N4O3. The highest BCUT2D eigenvalue weighted by molar-refractivity contribution is 6.42. The zero-order valence-electron chi connectivity index (χ0n) is 14.0. The first-order valence-corrected chi connectivity index (χ1v) is 8.88. The summed E-state index contributed by atoms with van der Waals surface area (Å²) in [4.78, 5) is 23.9. The van der Waals surface area contributed by atoms with Gasteiger partial charge in [-0.3, -0.25) is 10.1 Å². The number of rotatable bonds is 4. The minimum atomic E-state index is -0.618. The summed E-state index contributed by atoms with van der Waals surface area (Å²) >= 11 is 11.7. The first-order valence-electron chi connectivity index (χ1n) is 8.12. The van der Waals surface area contributed by atoms with Crippen LogP contribution in [0.1, 0.15) is 18.4 Å². The number of nitrogens with one attached hydrogen (secondary N) is 3. The van der Waals surface area contributed by atoms with Crippen molar-refractivity contribution in [2.24, 2.45) is 11.1 Å². The lowest BCUT2D eigenvalue weighted by atomic mass is 10.2. The third-order valence-electron chi connectivity index (χ3n) is 3.88. The summed E-state index contributed by atoms with van der Waals surface area (Å²) in [6.07, 6.45) is 1.84. The number of halogens is 2. The van der Waals surface area contributed by atoms with E-state index in [9.17, 15) is 14.8 Å². The first-order chi connectivity index (χ1) is 13.0. The molecule has 0 radical (unpaired) electrons. The normalized spacial score (nSPS) is 13.8. The largest absolute Gasteiger partial charge is 0.409 e. The third kappa shape index (κ3) is 5.12. The molecule has 2 aromatic rings. The van der Waals surface area contributed by atoms with E-state index >= 15 is 0 Å². The Balaban J connectivity index is 1.61. The van der Waals surface area contributed by atoms with E-state index in [-0.39, 0.29) is 17.7 Å². The predicted molar refractivity (Wildman–Crippen MR) is 105 cm³/mol. The molecule has 0 aromatic heterocycles. The van der Waals surface area contributed by atoms with Crippen LogP contribution in [0.25, 0.3) is 0 Å². The molecule has 7 nitrogen and oxygen atoms in total. The molecule has 0 bridgehead atoms. The van der Waals surface area contributed by atoms with Crippen LogP contribution in [0.4, 0.5) is 16.2 Å². The van der Waals surface area contributed by atoms with Gasteiger partial charge >= 0.3 is 6.03 Å². The van der Waals surface area contributed by atoms with E-state index in [4.69, 9.17) is 23.2 Å². The van der Waals surface area contributed by atoms with Gasteiger partial charge in [0.05, 0.1) is 10.0 Å². The lowest BCUT2D eigenvalue weighted by Crippen LogP contribution is -2.35. The average molecular weight is 407 g/mol. The van der Waals surface area contributed by atoms with E-state index in [1.807, 2.05) is 0 Å². The Bertz CT molecular complexity index is 896. The van der Waals surface area contributed by atoms with Gasteiger partial charge in [0.15, 0.2) is 5.84 Å². The van der Waals surface area contributed by atoms with Gasteiger partial charge in [0.2, 0.25) is 5.91 Å². The van der Waals surface area contributed by atoms with Crippen molar-refractivity contribution < 1.29 is 14.8 Å². The van der Waals surface area contributed by atoms with Crippen LogP contribution in [-0.4, -0.2) is 23.0 Å². The summed E-state index contributed by atoms with van der Waals surface area (Å²) in [5, 5.41) is 20.8. The van der Waals surface area contributed by atoms with E-state index in [1.54, 1.807) is 36.4 Å². The van der Waals surface area contributed by atoms with Gasteiger partial charge in [0.1, 0.15) is 0 Å². The van der Waals surface area contributed by atoms with Crippen molar-refractivity contribution in [2.45, 2.75) is 12.8 Å². The second-order valence-corrected chi connectivity index (χ2v) is 6.81. The number of carbonyl (C=O) groups is 2. The molecule has 1 aliphatic carbocycles. The predicted octanol–water partition coefficient (Wildman–Crippen LogP) is 4.30. The van der Waals surface area contributed by atoms with Gasteiger partial charge in [-0.25, -0.2) is 4.79 Å². The number of oxime groups is 1. The number of amides is 3. The highest BCUT2D eigenvalue weighted by atomic mass is 35.5. The minimum absolute atomic E-state index is 0.00192. The molecule has 0 saturated heterocycles. The van der Waals surface area contributed by atoms with Crippen LogP contribution in [0.5, 0.6) is 0 Å². The van der Waals surface area contributed by atoms with Crippen LogP contribution in [0.3, 0.4) is 0 Å². The molecule has 27 heavy (non-hydrogen) atoms. The standard InChI is InChI=1S/C18H16Cl2N4O3/c19-14-8-7-13(9-15(14)20)22-18(26)23-16(24-27)10-3-5-12(6-4-10)21-17(25)11-1-2-11/h3-9,11,27H,1-2H2,(H,21,25)(H2,22,23,24,26). The fourth-order valence-corrected chi connectivity index (χ4v) is 2.60. The Labute approximate surface area is 165 Å². The van der Waals surface area contributed by atoms with Gasteiger partial charge in [-0.2, -0.15) is 0 Å². The van der Waals surface area contributed by atoms with Gasteiger partial charge in [-0.1, -0.05) is 28.4 Å². The SMILES string of the molecule is O=C(NC(=NO)c1ccc(NC(=O)C2CC2)cc1)Nc1ccc(Cl)c(Cl)c1. The Hall–Kier alpha value is -2.77. The molecule has 2 aromatic carbocycles. The van der Waals surface area contributed by atoms with Gasteiger partial charge < -0.3 is 15.8 Å². The van der Waals surface area contributed by atoms with Crippen LogP contribution >= 0.6 is 23.2 Å². The Kier molecular flexibility index (Phi) is 5.83. The van der Waals surface area contributed by atoms with Crippen molar-refractivity contribution in [1.29, 1.82) is 0 Å². The molecule has 1 fully saturated rings. The highest BCUT2D eigenvalue weighted by Gasteiger charge is 2.29. The number of nitrogens with zero attached hydrogens (tertiary/aromatic N) is 1. The molecule has 0 atom stereocenters. The number of amidine groups is 1. The zero-order valence-corrected chi connectivity index (χ0v) is 15.5. The van der Waals surface area contributed by atoms with Crippen molar-refractivity contribution in [3.8, 4) is 0 Å². The summed E-state index contributed by atoms with van der Waals surface area (Å²) < 4.78 is 0. The number of hydrogen-bond acceptors (Lipinski definition) is 4. The van der Waals surface area contributed by atoms with Crippen LogP contribution in [0.15, 0.2) is 47.6 Å². The molecule has 140 valence electrons. The summed E-state index contributed by atoms with van der Waals surface area (Å²) in [6, 6.07) is 10.6. The van der Waals surface area contributed by atoms with Crippen LogP contribution in [-0.2, 0) is 4.79 Å². The van der Waals surface area contributed by atoms with Crippen molar-refractivity contribution in [2.75, 3.05) is 10.6 Å². The number of hydrogen-bond donors (Lipinski definition) is 4. The highest BCUT2D eigenvalue weighted by Crippen LogP contribution is 2.30. The minimum Gasteiger partial charge on any atom is -0.409 e. The lowest BCUT2D eigenvalue weighted by Gasteiger charge is -2.10. The topological polar surface area (TPSA) is 103 Å². The Morgan fingerprint density at radius 1 is 0.963 bits per heavy atom. The molecule has 3 rings (SSSR count). The molecule has 1 saturated carbocycles. The van der Waals surface area contributed by atoms with Gasteiger partial charge in [-0.05, 0) is 55.3 Å². The van der Waals surface area contributed by atoms with Crippen molar-refractivity contribution in [3.63, 3.8) is 0 Å². The number of anilines is 2. The average Bonchev–Trinajstić information content (AvgIpc) is 3.49.